The molecule has 1 N–H and O–H groups in total. The average molecular weight is 173 g/mol. The van der Waals surface area contributed by atoms with E-state index in [1.165, 1.54) is 0 Å². The maximum Gasteiger partial charge on any atom is 1.00 e. The van der Waals surface area contributed by atoms with E-state index in [0.29, 0.717) is 12.8 Å². The quantitative estimate of drug-likeness (QED) is 0.491. The average Bonchev–Trinajstić information content (AvgIpc) is 1.65. The van der Waals surface area contributed by atoms with Gasteiger partial charge in [-0.3, -0.25) is 0 Å². The third kappa shape index (κ3) is 4.68. The molecule has 0 aliphatic heterocycles. The van der Waals surface area contributed by atoms with Crippen LogP contribution in [0.4, 0.5) is 0 Å². The van der Waals surface area contributed by atoms with Crippen molar-refractivity contribution < 1.29 is 38.0 Å². The molecule has 0 aromatic carbocycles. The molecule has 0 atom stereocenters. The third-order valence-corrected chi connectivity index (χ3v) is 2.89. The van der Waals surface area contributed by atoms with E-state index in [-0.39, 0.29) is 29.6 Å². The van der Waals surface area contributed by atoms with Gasteiger partial charge in [-0.25, -0.2) is 8.42 Å². The van der Waals surface area contributed by atoms with E-state index >= 15 is 0 Å². The maximum absolute atomic E-state index is 10.5. The molecule has 0 bridgehead atoms. The van der Waals surface area contributed by atoms with Gasteiger partial charge in [0.05, 0.1) is 10.0 Å². The molecule has 5 heteroatoms. The van der Waals surface area contributed by atoms with Gasteiger partial charge in [0.1, 0.15) is 0 Å². The molecular formula is C5H12NNaO2S. The normalized spacial score (nSPS) is 11.2. The molecule has 0 unspecified atom stereocenters. The molecule has 0 rings (SSSR count). The van der Waals surface area contributed by atoms with Crippen molar-refractivity contribution in [2.45, 2.75) is 31.9 Å². The molecule has 10 heavy (non-hydrogen) atoms. The summed E-state index contributed by atoms with van der Waals surface area (Å²) in [6, 6.07) is 0. The van der Waals surface area contributed by atoms with Gasteiger partial charge in [0.2, 0.25) is 0 Å². The van der Waals surface area contributed by atoms with Crippen LogP contribution in [0.5, 0.6) is 0 Å². The standard InChI is InChI=1S/C5H12NO2S.Na/c1-3-5(4-2)9(6,7)8;/h5H,3-4H2,1-2H3,(H-,6,7,8);/q-1;+1. The zero-order chi connectivity index (χ0) is 7.49. The molecule has 0 spiro atoms. The number of sulfonamides is 1. The van der Waals surface area contributed by atoms with Gasteiger partial charge in [0, 0.05) is 5.25 Å². The van der Waals surface area contributed by atoms with Crippen LogP contribution in [0.25, 0.3) is 5.14 Å². The first-order valence-electron chi connectivity index (χ1n) is 3.00. The van der Waals surface area contributed by atoms with Crippen LogP contribution in [0.3, 0.4) is 0 Å². The van der Waals surface area contributed by atoms with Crippen LogP contribution >= 0.6 is 0 Å². The summed E-state index contributed by atoms with van der Waals surface area (Å²) in [4.78, 5) is 0. The summed E-state index contributed by atoms with van der Waals surface area (Å²) in [7, 11) is -3.52. The van der Waals surface area contributed by atoms with Gasteiger partial charge < -0.3 is 5.14 Å². The Balaban J connectivity index is 0. The SMILES string of the molecule is CCC(CC)S([NH-])(=O)=O.[Na+]. The summed E-state index contributed by atoms with van der Waals surface area (Å²) in [6.07, 6.45) is 1.09. The summed E-state index contributed by atoms with van der Waals surface area (Å²) in [6.45, 7) is 3.56. The summed E-state index contributed by atoms with van der Waals surface area (Å²) in [5.74, 6) is 0. The smallest absolute Gasteiger partial charge is 0.564 e. The fraction of sp³-hybridized carbons (Fsp3) is 1.00. The van der Waals surface area contributed by atoms with Crippen LogP contribution in [0, 0.1) is 0 Å². The van der Waals surface area contributed by atoms with Crippen LogP contribution in [0.2, 0.25) is 0 Å². The van der Waals surface area contributed by atoms with Gasteiger partial charge in [-0.15, -0.1) is 0 Å². The van der Waals surface area contributed by atoms with Crippen molar-refractivity contribution >= 4 is 10.0 Å². The Bertz CT molecular complexity index is 162. The Labute approximate surface area is 84.7 Å². The largest absolute Gasteiger partial charge is 1.00 e. The zero-order valence-electron chi connectivity index (χ0n) is 6.72. The van der Waals surface area contributed by atoms with Crippen molar-refractivity contribution in [3.63, 3.8) is 0 Å². The topological polar surface area (TPSA) is 57.9 Å². The summed E-state index contributed by atoms with van der Waals surface area (Å²) < 4.78 is 20.9. The minimum Gasteiger partial charge on any atom is -0.564 e. The van der Waals surface area contributed by atoms with Gasteiger partial charge in [-0.2, -0.15) is 0 Å². The van der Waals surface area contributed by atoms with Gasteiger partial charge in [0.25, 0.3) is 0 Å². The van der Waals surface area contributed by atoms with E-state index in [4.69, 9.17) is 5.14 Å². The van der Waals surface area contributed by atoms with Crippen molar-refractivity contribution in [3.8, 4) is 0 Å². The van der Waals surface area contributed by atoms with Crippen LogP contribution in [0.1, 0.15) is 26.7 Å². The summed E-state index contributed by atoms with van der Waals surface area (Å²) in [5, 5.41) is 6.20. The molecule has 0 heterocycles. The van der Waals surface area contributed by atoms with Crippen LogP contribution in [-0.4, -0.2) is 13.7 Å². The van der Waals surface area contributed by atoms with E-state index in [2.05, 4.69) is 0 Å². The first kappa shape index (κ1) is 13.5. The van der Waals surface area contributed by atoms with E-state index in [0.717, 1.165) is 0 Å². The first-order valence-corrected chi connectivity index (χ1v) is 4.55. The second-order valence-electron chi connectivity index (χ2n) is 1.98. The Morgan fingerprint density at radius 3 is 1.60 bits per heavy atom. The van der Waals surface area contributed by atoms with Crippen molar-refractivity contribution in [1.29, 1.82) is 0 Å². The minimum atomic E-state index is -3.52. The van der Waals surface area contributed by atoms with Gasteiger partial charge in [0.15, 0.2) is 0 Å². The number of nitrogens with one attached hydrogen (secondary N) is 1. The molecule has 0 amide bonds. The molecule has 0 aromatic heterocycles. The van der Waals surface area contributed by atoms with Gasteiger partial charge >= 0.3 is 29.6 Å². The fourth-order valence-corrected chi connectivity index (χ4v) is 1.61. The zero-order valence-corrected chi connectivity index (χ0v) is 9.53. The summed E-state index contributed by atoms with van der Waals surface area (Å²) in [5.41, 5.74) is 0. The van der Waals surface area contributed by atoms with Gasteiger partial charge in [-0.1, -0.05) is 13.8 Å². The van der Waals surface area contributed by atoms with Crippen LogP contribution in [0.15, 0.2) is 0 Å². The number of hydrogen-bond acceptors (Lipinski definition) is 2. The Morgan fingerprint density at radius 2 is 1.60 bits per heavy atom. The van der Waals surface area contributed by atoms with Crippen LogP contribution in [-0.2, 0) is 10.0 Å². The van der Waals surface area contributed by atoms with E-state index in [1.54, 1.807) is 13.8 Å². The maximum atomic E-state index is 10.5. The van der Waals surface area contributed by atoms with Crippen molar-refractivity contribution in [2.24, 2.45) is 0 Å². The van der Waals surface area contributed by atoms with E-state index in [9.17, 15) is 8.42 Å². The second-order valence-corrected chi connectivity index (χ2v) is 3.74. The molecule has 56 valence electrons. The molecule has 0 saturated heterocycles. The minimum absolute atomic E-state index is 0. The molecule has 0 aliphatic rings. The van der Waals surface area contributed by atoms with Crippen molar-refractivity contribution in [3.05, 3.63) is 5.14 Å². The predicted octanol–water partition coefficient (Wildman–Crippen LogP) is -1.44. The molecule has 0 aliphatic carbocycles. The van der Waals surface area contributed by atoms with Crippen molar-refractivity contribution in [1.82, 2.24) is 0 Å². The Kier molecular flexibility index (Phi) is 7.49. The van der Waals surface area contributed by atoms with Crippen LogP contribution < -0.4 is 29.6 Å². The molecule has 0 fully saturated rings. The van der Waals surface area contributed by atoms with Crippen molar-refractivity contribution in [2.75, 3.05) is 0 Å². The molecule has 3 nitrogen and oxygen atoms in total. The molecule has 0 radical (unpaired) electrons. The number of rotatable bonds is 3. The van der Waals surface area contributed by atoms with Gasteiger partial charge in [-0.05, 0) is 12.8 Å². The molecule has 0 saturated carbocycles. The predicted molar refractivity (Wildman–Crippen MR) is 37.6 cm³/mol. The monoisotopic (exact) mass is 173 g/mol. The summed E-state index contributed by atoms with van der Waals surface area (Å²) >= 11 is 0. The Morgan fingerprint density at radius 1 is 1.30 bits per heavy atom. The molecule has 0 aromatic rings. The molecular weight excluding hydrogens is 161 g/mol. The fourth-order valence-electron chi connectivity index (χ4n) is 0.728. The first-order chi connectivity index (χ1) is 4.02. The van der Waals surface area contributed by atoms with E-state index in [1.807, 2.05) is 0 Å². The third-order valence-electron chi connectivity index (χ3n) is 1.35. The Hall–Kier alpha value is 0.910. The second kappa shape index (κ2) is 5.55. The number of hydrogen-bond donors (Lipinski definition) is 0. The van der Waals surface area contributed by atoms with E-state index < -0.39 is 15.3 Å².